The van der Waals surface area contributed by atoms with Crippen molar-refractivity contribution in [3.05, 3.63) is 60.7 Å². The Morgan fingerprint density at radius 1 is 0.909 bits per heavy atom. The minimum Gasteiger partial charge on any atom is -0.438 e. The molecular formula is C27H38O5Si. The number of methoxy groups -OCH3 is 1. The molecule has 0 unspecified atom stereocenters. The van der Waals surface area contributed by atoms with Crippen molar-refractivity contribution >= 4 is 30.6 Å². The second kappa shape index (κ2) is 11.6. The van der Waals surface area contributed by atoms with Crippen molar-refractivity contribution in [2.45, 2.75) is 59.1 Å². The molecule has 2 aromatic carbocycles. The molecule has 0 fully saturated rings. The summed E-state index contributed by atoms with van der Waals surface area (Å²) in [6.45, 7) is 12.6. The molecule has 6 heteroatoms. The van der Waals surface area contributed by atoms with Gasteiger partial charge in [-0.05, 0) is 15.4 Å². The summed E-state index contributed by atoms with van der Waals surface area (Å²) in [4.78, 5) is 24.4. The Morgan fingerprint density at radius 2 is 1.39 bits per heavy atom. The molecule has 0 saturated heterocycles. The second-order valence-electron chi connectivity index (χ2n) is 9.60. The first-order valence-corrected chi connectivity index (χ1v) is 13.5. The normalized spacial score (nSPS) is 14.8. The van der Waals surface area contributed by atoms with E-state index in [4.69, 9.17) is 13.9 Å². The molecule has 0 radical (unpaired) electrons. The smallest absolute Gasteiger partial charge is 0.438 e. The average Bonchev–Trinajstić information content (AvgIpc) is 2.82. The molecule has 0 heterocycles. The molecule has 0 amide bonds. The van der Waals surface area contributed by atoms with Crippen LogP contribution in [0.1, 0.15) is 48.0 Å². The zero-order valence-electron chi connectivity index (χ0n) is 21.0. The summed E-state index contributed by atoms with van der Waals surface area (Å²) in [5.41, 5.74) is 0. The molecule has 0 saturated carbocycles. The van der Waals surface area contributed by atoms with Gasteiger partial charge in [-0.15, -0.1) is 0 Å². The molecule has 0 aliphatic rings. The lowest BCUT2D eigenvalue weighted by molar-refractivity contribution is -0.127. The van der Waals surface area contributed by atoms with Crippen LogP contribution in [-0.2, 0) is 18.7 Å². The molecule has 0 aromatic heterocycles. The van der Waals surface area contributed by atoms with Gasteiger partial charge in [-0.25, -0.2) is 4.79 Å². The van der Waals surface area contributed by atoms with Gasteiger partial charge in [-0.1, -0.05) is 102 Å². The Hall–Kier alpha value is -2.44. The van der Waals surface area contributed by atoms with E-state index in [2.05, 4.69) is 45.0 Å². The standard InChI is InChI=1S/C27H38O5Si/c1-8-24(28)21(3)25(32-26(29)30-7)20(2)19-31-33(27(4,5)6,22-15-11-9-12-16-22)23-17-13-10-14-18-23/h9-18,20-21,25H,8,19H2,1-7H3/t20-,21-,25+/m0/s1. The summed E-state index contributed by atoms with van der Waals surface area (Å²) in [6, 6.07) is 20.8. The monoisotopic (exact) mass is 470 g/mol. The highest BCUT2D eigenvalue weighted by Crippen LogP contribution is 2.37. The van der Waals surface area contributed by atoms with E-state index in [0.29, 0.717) is 13.0 Å². The number of hydrogen-bond acceptors (Lipinski definition) is 5. The van der Waals surface area contributed by atoms with Gasteiger partial charge in [0.05, 0.1) is 13.0 Å². The number of ether oxygens (including phenoxy) is 2. The van der Waals surface area contributed by atoms with E-state index in [1.807, 2.05) is 50.2 Å². The molecule has 0 spiro atoms. The van der Waals surface area contributed by atoms with Crippen molar-refractivity contribution in [3.8, 4) is 0 Å². The van der Waals surface area contributed by atoms with Gasteiger partial charge in [-0.2, -0.15) is 0 Å². The molecule has 2 aromatic rings. The third-order valence-electron chi connectivity index (χ3n) is 6.29. The molecule has 0 N–H and O–H groups in total. The topological polar surface area (TPSA) is 61.8 Å². The SMILES string of the molecule is CCC(=O)[C@H](C)[C@H](OC(=O)OC)[C@@H](C)CO[Si](c1ccccc1)(c1ccccc1)C(C)(C)C. The summed E-state index contributed by atoms with van der Waals surface area (Å²) in [7, 11) is -1.46. The van der Waals surface area contributed by atoms with E-state index < -0.39 is 26.5 Å². The summed E-state index contributed by atoms with van der Waals surface area (Å²) >= 11 is 0. The lowest BCUT2D eigenvalue weighted by Crippen LogP contribution is -2.67. The second-order valence-corrected chi connectivity index (χ2v) is 13.9. The lowest BCUT2D eigenvalue weighted by Gasteiger charge is -2.44. The highest BCUT2D eigenvalue weighted by Gasteiger charge is 2.50. The van der Waals surface area contributed by atoms with Gasteiger partial charge < -0.3 is 13.9 Å². The first kappa shape index (κ1) is 26.8. The molecule has 0 aliphatic carbocycles. The number of benzene rings is 2. The minimum atomic E-state index is -2.73. The van der Waals surface area contributed by atoms with E-state index >= 15 is 0 Å². The van der Waals surface area contributed by atoms with Gasteiger partial charge in [-0.3, -0.25) is 4.79 Å². The maximum atomic E-state index is 12.5. The van der Waals surface area contributed by atoms with Crippen LogP contribution in [0.3, 0.4) is 0 Å². The van der Waals surface area contributed by atoms with Crippen molar-refractivity contribution < 1.29 is 23.5 Å². The van der Waals surface area contributed by atoms with Gasteiger partial charge in [0.1, 0.15) is 11.9 Å². The van der Waals surface area contributed by atoms with Crippen LogP contribution in [0.5, 0.6) is 0 Å². The highest BCUT2D eigenvalue weighted by atomic mass is 28.4. The first-order valence-electron chi connectivity index (χ1n) is 11.6. The van der Waals surface area contributed by atoms with Gasteiger partial charge in [0.25, 0.3) is 8.32 Å². The highest BCUT2D eigenvalue weighted by molar-refractivity contribution is 6.99. The van der Waals surface area contributed by atoms with Gasteiger partial charge >= 0.3 is 6.16 Å². The first-order chi connectivity index (χ1) is 15.6. The van der Waals surface area contributed by atoms with Crippen LogP contribution in [-0.4, -0.2) is 40.1 Å². The Labute approximate surface area is 199 Å². The minimum absolute atomic E-state index is 0.0428. The summed E-state index contributed by atoms with van der Waals surface area (Å²) < 4.78 is 17.3. The van der Waals surface area contributed by atoms with Crippen LogP contribution in [0.2, 0.25) is 5.04 Å². The fourth-order valence-electron chi connectivity index (χ4n) is 4.49. The van der Waals surface area contributed by atoms with Crippen LogP contribution < -0.4 is 10.4 Å². The van der Waals surface area contributed by atoms with Crippen molar-refractivity contribution in [2.75, 3.05) is 13.7 Å². The number of Topliss-reactive ketones (excluding diaryl/α,β-unsaturated/α-hetero) is 1. The van der Waals surface area contributed by atoms with E-state index in [0.717, 1.165) is 0 Å². The molecule has 0 bridgehead atoms. The van der Waals surface area contributed by atoms with Gasteiger partial charge in [0.15, 0.2) is 0 Å². The van der Waals surface area contributed by atoms with Crippen LogP contribution >= 0.6 is 0 Å². The predicted molar refractivity (Wildman–Crippen MR) is 134 cm³/mol. The van der Waals surface area contributed by atoms with Crippen LogP contribution in [0.15, 0.2) is 60.7 Å². The maximum absolute atomic E-state index is 12.5. The van der Waals surface area contributed by atoms with Crippen molar-refractivity contribution in [2.24, 2.45) is 11.8 Å². The Bertz CT molecular complexity index is 852. The summed E-state index contributed by atoms with van der Waals surface area (Å²) in [6.07, 6.45) is -1.04. The Morgan fingerprint density at radius 3 is 1.79 bits per heavy atom. The van der Waals surface area contributed by atoms with E-state index in [1.165, 1.54) is 17.5 Å². The lowest BCUT2D eigenvalue weighted by atomic mass is 9.89. The third-order valence-corrected chi connectivity index (χ3v) is 11.3. The molecular weight excluding hydrogens is 432 g/mol. The van der Waals surface area contributed by atoms with Gasteiger partial charge in [0, 0.05) is 18.9 Å². The van der Waals surface area contributed by atoms with E-state index in [-0.39, 0.29) is 16.7 Å². The summed E-state index contributed by atoms with van der Waals surface area (Å²) in [5, 5.41) is 2.19. The molecule has 5 nitrogen and oxygen atoms in total. The zero-order valence-corrected chi connectivity index (χ0v) is 22.0. The van der Waals surface area contributed by atoms with Gasteiger partial charge in [0.2, 0.25) is 0 Å². The van der Waals surface area contributed by atoms with E-state index in [1.54, 1.807) is 6.92 Å². The number of hydrogen-bond donors (Lipinski definition) is 0. The fourth-order valence-corrected chi connectivity index (χ4v) is 9.16. The van der Waals surface area contributed by atoms with Crippen molar-refractivity contribution in [1.82, 2.24) is 0 Å². The predicted octanol–water partition coefficient (Wildman–Crippen LogP) is 4.97. The molecule has 3 atom stereocenters. The number of carbonyl (C=O) groups excluding carboxylic acids is 2. The van der Waals surface area contributed by atoms with E-state index in [9.17, 15) is 9.59 Å². The third kappa shape index (κ3) is 6.12. The number of rotatable bonds is 10. The largest absolute Gasteiger partial charge is 0.508 e. The maximum Gasteiger partial charge on any atom is 0.508 e. The molecule has 0 aliphatic heterocycles. The van der Waals surface area contributed by atoms with Crippen LogP contribution in [0.25, 0.3) is 0 Å². The van der Waals surface area contributed by atoms with Crippen LogP contribution in [0, 0.1) is 11.8 Å². The average molecular weight is 471 g/mol. The van der Waals surface area contributed by atoms with Crippen LogP contribution in [0.4, 0.5) is 4.79 Å². The Balaban J connectivity index is 2.47. The summed E-state index contributed by atoms with van der Waals surface area (Å²) in [5.74, 6) is -0.621. The van der Waals surface area contributed by atoms with Crippen molar-refractivity contribution in [1.29, 1.82) is 0 Å². The van der Waals surface area contributed by atoms with Crippen molar-refractivity contribution in [3.63, 3.8) is 0 Å². The Kier molecular flexibility index (Phi) is 9.43. The molecule has 180 valence electrons. The molecule has 2 rings (SSSR count). The number of carbonyl (C=O) groups is 2. The molecule has 33 heavy (non-hydrogen) atoms. The fraction of sp³-hybridized carbons (Fsp3) is 0.481. The number of ketones is 1. The quantitative estimate of drug-likeness (QED) is 0.363. The zero-order chi connectivity index (χ0) is 24.6.